The molecule has 6 nitrogen and oxygen atoms in total. The van der Waals surface area contributed by atoms with Crippen molar-refractivity contribution in [1.82, 2.24) is 15.3 Å². The molecule has 0 unspecified atom stereocenters. The number of amides is 1. The SMILES string of the molecule is CCOCCCNC(=O)[C@H]1CCCN(c2ncc(-c3ccc(C)cc3)cn2)C1. The Bertz CT molecular complexity index is 746. The molecule has 2 aromatic rings. The molecular weight excluding hydrogens is 352 g/mol. The predicted octanol–water partition coefficient (Wildman–Crippen LogP) is 3.21. The minimum Gasteiger partial charge on any atom is -0.382 e. The smallest absolute Gasteiger partial charge is 0.225 e. The van der Waals surface area contributed by atoms with E-state index < -0.39 is 0 Å². The Balaban J connectivity index is 1.55. The Morgan fingerprint density at radius 2 is 1.96 bits per heavy atom. The number of aromatic nitrogens is 2. The number of anilines is 1. The van der Waals surface area contributed by atoms with E-state index in [0.717, 1.165) is 36.9 Å². The number of nitrogens with one attached hydrogen (secondary N) is 1. The number of ether oxygens (including phenoxy) is 1. The van der Waals surface area contributed by atoms with E-state index in [1.807, 2.05) is 19.3 Å². The van der Waals surface area contributed by atoms with Crippen molar-refractivity contribution in [2.45, 2.75) is 33.1 Å². The molecule has 1 fully saturated rings. The summed E-state index contributed by atoms with van der Waals surface area (Å²) >= 11 is 0. The van der Waals surface area contributed by atoms with E-state index >= 15 is 0 Å². The fraction of sp³-hybridized carbons (Fsp3) is 0.500. The number of hydrogen-bond acceptors (Lipinski definition) is 5. The van der Waals surface area contributed by atoms with E-state index in [1.165, 1.54) is 5.56 Å². The summed E-state index contributed by atoms with van der Waals surface area (Å²) < 4.78 is 5.31. The van der Waals surface area contributed by atoms with Crippen molar-refractivity contribution in [2.75, 3.05) is 37.7 Å². The molecule has 6 heteroatoms. The van der Waals surface area contributed by atoms with Gasteiger partial charge >= 0.3 is 0 Å². The van der Waals surface area contributed by atoms with Crippen LogP contribution < -0.4 is 10.2 Å². The Kier molecular flexibility index (Phi) is 7.37. The van der Waals surface area contributed by atoms with Crippen LogP contribution in [-0.2, 0) is 9.53 Å². The normalized spacial score (nSPS) is 16.8. The summed E-state index contributed by atoms with van der Waals surface area (Å²) in [6.45, 7) is 7.68. The highest BCUT2D eigenvalue weighted by molar-refractivity contribution is 5.79. The number of aryl methyl sites for hydroxylation is 1. The molecule has 1 saturated heterocycles. The first-order chi connectivity index (χ1) is 13.7. The minimum atomic E-state index is -0.0128. The highest BCUT2D eigenvalue weighted by atomic mass is 16.5. The fourth-order valence-corrected chi connectivity index (χ4v) is 3.43. The van der Waals surface area contributed by atoms with Crippen LogP contribution in [0, 0.1) is 12.8 Å². The van der Waals surface area contributed by atoms with Gasteiger partial charge in [-0.15, -0.1) is 0 Å². The van der Waals surface area contributed by atoms with Crippen LogP contribution in [0.5, 0.6) is 0 Å². The lowest BCUT2D eigenvalue weighted by molar-refractivity contribution is -0.125. The van der Waals surface area contributed by atoms with Gasteiger partial charge in [0.15, 0.2) is 0 Å². The van der Waals surface area contributed by atoms with Crippen molar-refractivity contribution < 1.29 is 9.53 Å². The van der Waals surface area contributed by atoms with Crippen LogP contribution in [0.2, 0.25) is 0 Å². The van der Waals surface area contributed by atoms with Gasteiger partial charge in [0.25, 0.3) is 0 Å². The number of rotatable bonds is 8. The van der Waals surface area contributed by atoms with Gasteiger partial charge in [0, 0.05) is 50.8 Å². The topological polar surface area (TPSA) is 67.3 Å². The molecular formula is C22H30N4O2. The standard InChI is InChI=1S/C22H30N4O2/c1-3-28-13-5-11-23-21(27)19-6-4-12-26(16-19)22-24-14-20(15-25-22)18-9-7-17(2)8-10-18/h7-10,14-15,19H,3-6,11-13,16H2,1-2H3,(H,23,27)/t19-/m0/s1. The summed E-state index contributed by atoms with van der Waals surface area (Å²) in [5.41, 5.74) is 3.35. The predicted molar refractivity (Wildman–Crippen MR) is 111 cm³/mol. The molecule has 0 spiro atoms. The number of carbonyl (C=O) groups is 1. The average molecular weight is 383 g/mol. The summed E-state index contributed by atoms with van der Waals surface area (Å²) in [4.78, 5) is 23.7. The first-order valence-corrected chi connectivity index (χ1v) is 10.2. The summed E-state index contributed by atoms with van der Waals surface area (Å²) in [6.07, 6.45) is 6.46. The van der Waals surface area contributed by atoms with E-state index in [0.29, 0.717) is 32.3 Å². The maximum Gasteiger partial charge on any atom is 0.225 e. The summed E-state index contributed by atoms with van der Waals surface area (Å²) in [5, 5.41) is 3.03. The third-order valence-electron chi connectivity index (χ3n) is 5.07. The van der Waals surface area contributed by atoms with Crippen LogP contribution >= 0.6 is 0 Å². The average Bonchev–Trinajstić information content (AvgIpc) is 2.74. The molecule has 1 aliphatic heterocycles. The minimum absolute atomic E-state index is 0.0128. The zero-order valence-electron chi connectivity index (χ0n) is 16.9. The lowest BCUT2D eigenvalue weighted by Crippen LogP contribution is -2.44. The number of carbonyl (C=O) groups excluding carboxylic acids is 1. The monoisotopic (exact) mass is 382 g/mol. The number of hydrogen-bond donors (Lipinski definition) is 1. The molecule has 1 atom stereocenters. The molecule has 150 valence electrons. The zero-order chi connectivity index (χ0) is 19.8. The third kappa shape index (κ3) is 5.52. The molecule has 1 aromatic heterocycles. The molecule has 1 amide bonds. The summed E-state index contributed by atoms with van der Waals surface area (Å²) in [5.74, 6) is 0.809. The number of nitrogens with zero attached hydrogens (tertiary/aromatic N) is 3. The molecule has 1 aromatic carbocycles. The van der Waals surface area contributed by atoms with Gasteiger partial charge in [-0.3, -0.25) is 4.79 Å². The molecule has 0 saturated carbocycles. The fourth-order valence-electron chi connectivity index (χ4n) is 3.43. The van der Waals surface area contributed by atoms with Crippen LogP contribution in [0.15, 0.2) is 36.7 Å². The van der Waals surface area contributed by atoms with Gasteiger partial charge in [0.1, 0.15) is 0 Å². The molecule has 0 bridgehead atoms. The van der Waals surface area contributed by atoms with Crippen LogP contribution in [0.1, 0.15) is 31.7 Å². The van der Waals surface area contributed by atoms with Crippen molar-refractivity contribution >= 4 is 11.9 Å². The van der Waals surface area contributed by atoms with Crippen molar-refractivity contribution in [3.63, 3.8) is 0 Å². The van der Waals surface area contributed by atoms with E-state index in [2.05, 4.69) is 51.4 Å². The molecule has 2 heterocycles. The molecule has 3 rings (SSSR count). The van der Waals surface area contributed by atoms with Crippen molar-refractivity contribution in [3.05, 3.63) is 42.2 Å². The van der Waals surface area contributed by atoms with E-state index in [9.17, 15) is 4.79 Å². The van der Waals surface area contributed by atoms with Crippen molar-refractivity contribution in [2.24, 2.45) is 5.92 Å². The maximum absolute atomic E-state index is 12.5. The quantitative estimate of drug-likeness (QED) is 0.710. The highest BCUT2D eigenvalue weighted by Gasteiger charge is 2.26. The van der Waals surface area contributed by atoms with Crippen LogP contribution in [-0.4, -0.2) is 48.7 Å². The molecule has 1 aliphatic rings. The van der Waals surface area contributed by atoms with Crippen LogP contribution in [0.4, 0.5) is 5.95 Å². The van der Waals surface area contributed by atoms with Gasteiger partial charge in [0.05, 0.1) is 5.92 Å². The van der Waals surface area contributed by atoms with E-state index in [-0.39, 0.29) is 11.8 Å². The molecule has 0 radical (unpaired) electrons. The van der Waals surface area contributed by atoms with Crippen LogP contribution in [0.25, 0.3) is 11.1 Å². The van der Waals surface area contributed by atoms with Crippen LogP contribution in [0.3, 0.4) is 0 Å². The van der Waals surface area contributed by atoms with E-state index in [1.54, 1.807) is 0 Å². The summed E-state index contributed by atoms with van der Waals surface area (Å²) in [6, 6.07) is 8.35. The van der Waals surface area contributed by atoms with Crippen molar-refractivity contribution in [3.8, 4) is 11.1 Å². The number of piperidine rings is 1. The van der Waals surface area contributed by atoms with Gasteiger partial charge in [-0.1, -0.05) is 29.8 Å². The first kappa shape index (κ1) is 20.3. The second-order valence-electron chi connectivity index (χ2n) is 7.26. The highest BCUT2D eigenvalue weighted by Crippen LogP contribution is 2.23. The lowest BCUT2D eigenvalue weighted by atomic mass is 9.97. The lowest BCUT2D eigenvalue weighted by Gasteiger charge is -2.32. The molecule has 28 heavy (non-hydrogen) atoms. The Morgan fingerprint density at radius 3 is 2.68 bits per heavy atom. The van der Waals surface area contributed by atoms with Gasteiger partial charge in [0.2, 0.25) is 11.9 Å². The molecule has 1 N–H and O–H groups in total. The largest absolute Gasteiger partial charge is 0.382 e. The molecule has 0 aliphatic carbocycles. The van der Waals surface area contributed by atoms with Crippen molar-refractivity contribution in [1.29, 1.82) is 0 Å². The Hall–Kier alpha value is -2.47. The van der Waals surface area contributed by atoms with Gasteiger partial charge in [-0.05, 0) is 38.7 Å². The van der Waals surface area contributed by atoms with Gasteiger partial charge in [-0.2, -0.15) is 0 Å². The zero-order valence-corrected chi connectivity index (χ0v) is 16.9. The number of benzene rings is 1. The van der Waals surface area contributed by atoms with Gasteiger partial charge < -0.3 is 15.0 Å². The third-order valence-corrected chi connectivity index (χ3v) is 5.07. The Labute approximate surface area is 167 Å². The van der Waals surface area contributed by atoms with Gasteiger partial charge in [-0.25, -0.2) is 9.97 Å². The second kappa shape index (κ2) is 10.2. The first-order valence-electron chi connectivity index (χ1n) is 10.2. The second-order valence-corrected chi connectivity index (χ2v) is 7.26. The Morgan fingerprint density at radius 1 is 1.21 bits per heavy atom. The van der Waals surface area contributed by atoms with E-state index in [4.69, 9.17) is 4.74 Å². The maximum atomic E-state index is 12.5. The summed E-state index contributed by atoms with van der Waals surface area (Å²) in [7, 11) is 0.